The van der Waals surface area contributed by atoms with Crippen molar-refractivity contribution in [2.75, 3.05) is 13.2 Å². The Morgan fingerprint density at radius 2 is 2.06 bits per heavy atom. The standard InChI is InChI=1S/C24H21ClF2N4O3/c1-14-11-30(13-28-14)18-4-5-19-23(32)29(7-8-31(19)24(18)33)6-2-3-15-9-16-10-17(25)20(26)21(27)22(16)34-12-15/h2,4-6,10-11,13,15H,3,7-9,12H2,1H3/b6-2-. The van der Waals surface area contributed by atoms with E-state index in [4.69, 9.17) is 16.3 Å². The maximum Gasteiger partial charge on any atom is 0.275 e. The van der Waals surface area contributed by atoms with Crippen molar-refractivity contribution in [3.63, 3.8) is 0 Å². The summed E-state index contributed by atoms with van der Waals surface area (Å²) in [7, 11) is 0. The maximum atomic E-state index is 14.0. The van der Waals surface area contributed by atoms with Gasteiger partial charge in [0.25, 0.3) is 11.5 Å². The Morgan fingerprint density at radius 1 is 1.24 bits per heavy atom. The minimum atomic E-state index is -1.10. The Kier molecular flexibility index (Phi) is 5.73. The lowest BCUT2D eigenvalue weighted by atomic mass is 9.94. The van der Waals surface area contributed by atoms with Crippen LogP contribution in [0.5, 0.6) is 5.75 Å². The molecule has 2 aliphatic heterocycles. The number of aryl methyl sites for hydroxylation is 1. The van der Waals surface area contributed by atoms with E-state index in [0.29, 0.717) is 42.9 Å². The molecule has 0 saturated carbocycles. The molecule has 2 aromatic heterocycles. The highest BCUT2D eigenvalue weighted by Gasteiger charge is 2.27. The number of amides is 1. The number of benzene rings is 1. The lowest BCUT2D eigenvalue weighted by Gasteiger charge is -2.28. The Morgan fingerprint density at radius 3 is 2.82 bits per heavy atom. The highest BCUT2D eigenvalue weighted by atomic mass is 35.5. The van der Waals surface area contributed by atoms with Gasteiger partial charge in [-0.05, 0) is 43.5 Å². The van der Waals surface area contributed by atoms with Gasteiger partial charge in [0.2, 0.25) is 5.82 Å². The average molecular weight is 487 g/mol. The van der Waals surface area contributed by atoms with Gasteiger partial charge in [-0.3, -0.25) is 9.59 Å². The van der Waals surface area contributed by atoms with Crippen molar-refractivity contribution in [3.05, 3.63) is 87.0 Å². The Bertz CT molecular complexity index is 1380. The summed E-state index contributed by atoms with van der Waals surface area (Å²) in [5, 5.41) is -0.268. The molecule has 0 spiro atoms. The van der Waals surface area contributed by atoms with Gasteiger partial charge in [-0.15, -0.1) is 0 Å². The van der Waals surface area contributed by atoms with Crippen LogP contribution in [-0.2, 0) is 13.0 Å². The van der Waals surface area contributed by atoms with Crippen LogP contribution in [0.4, 0.5) is 8.78 Å². The van der Waals surface area contributed by atoms with E-state index in [1.165, 1.54) is 10.6 Å². The Balaban J connectivity index is 1.27. The van der Waals surface area contributed by atoms with Crippen molar-refractivity contribution >= 4 is 17.5 Å². The number of aromatic nitrogens is 3. The SMILES string of the molecule is Cc1cn(-c2ccc3n(c2=O)CCN(/C=C\CC2COc4c(cc(Cl)c(F)c4F)C2)C3=O)cn1. The molecule has 4 heterocycles. The topological polar surface area (TPSA) is 69.4 Å². The molecule has 176 valence electrons. The van der Waals surface area contributed by atoms with Crippen molar-refractivity contribution in [3.8, 4) is 11.4 Å². The van der Waals surface area contributed by atoms with Crippen LogP contribution in [-0.4, -0.2) is 38.1 Å². The number of carbonyl (C=O) groups excluding carboxylic acids is 1. The molecule has 1 amide bonds. The number of hydrogen-bond donors (Lipinski definition) is 0. The third-order valence-electron chi connectivity index (χ3n) is 6.11. The minimum Gasteiger partial charge on any atom is -0.490 e. The van der Waals surface area contributed by atoms with Crippen molar-refractivity contribution in [1.82, 2.24) is 19.0 Å². The number of allylic oxidation sites excluding steroid dienone is 1. The van der Waals surface area contributed by atoms with E-state index in [9.17, 15) is 18.4 Å². The minimum absolute atomic E-state index is 0.0284. The third-order valence-corrected chi connectivity index (χ3v) is 6.38. The van der Waals surface area contributed by atoms with E-state index < -0.39 is 11.6 Å². The van der Waals surface area contributed by atoms with Crippen LogP contribution in [0.15, 0.2) is 47.8 Å². The highest BCUT2D eigenvalue weighted by Crippen LogP contribution is 2.36. The van der Waals surface area contributed by atoms with Gasteiger partial charge >= 0.3 is 0 Å². The van der Waals surface area contributed by atoms with Gasteiger partial charge in [-0.2, -0.15) is 4.39 Å². The quantitative estimate of drug-likeness (QED) is 0.525. The monoisotopic (exact) mass is 486 g/mol. The number of rotatable bonds is 4. The molecule has 0 aliphatic carbocycles. The zero-order valence-electron chi connectivity index (χ0n) is 18.3. The van der Waals surface area contributed by atoms with Crippen molar-refractivity contribution in [2.45, 2.75) is 26.3 Å². The summed E-state index contributed by atoms with van der Waals surface area (Å²) in [5.74, 6) is -2.48. The summed E-state index contributed by atoms with van der Waals surface area (Å²) < 4.78 is 36.2. The lowest BCUT2D eigenvalue weighted by Crippen LogP contribution is -2.42. The summed E-state index contributed by atoms with van der Waals surface area (Å²) in [6, 6.07) is 4.68. The molecule has 7 nitrogen and oxygen atoms in total. The number of nitrogens with zero attached hydrogens (tertiary/aromatic N) is 4. The summed E-state index contributed by atoms with van der Waals surface area (Å²) in [4.78, 5) is 31.6. The van der Waals surface area contributed by atoms with Gasteiger partial charge in [0, 0.05) is 31.4 Å². The van der Waals surface area contributed by atoms with E-state index in [0.717, 1.165) is 5.69 Å². The second-order valence-electron chi connectivity index (χ2n) is 8.46. The van der Waals surface area contributed by atoms with Gasteiger partial charge in [-0.25, -0.2) is 9.37 Å². The van der Waals surface area contributed by atoms with Crippen LogP contribution in [0.2, 0.25) is 5.02 Å². The normalized spacial score (nSPS) is 17.6. The first-order chi connectivity index (χ1) is 16.3. The predicted octanol–water partition coefficient (Wildman–Crippen LogP) is 3.88. The predicted molar refractivity (Wildman–Crippen MR) is 121 cm³/mol. The number of hydrogen-bond acceptors (Lipinski definition) is 4. The van der Waals surface area contributed by atoms with Crippen LogP contribution in [0, 0.1) is 24.5 Å². The van der Waals surface area contributed by atoms with E-state index in [-0.39, 0.29) is 34.8 Å². The number of halogens is 3. The van der Waals surface area contributed by atoms with Gasteiger partial charge in [0.05, 0.1) is 23.7 Å². The van der Waals surface area contributed by atoms with Crippen molar-refractivity contribution < 1.29 is 18.3 Å². The number of fused-ring (bicyclic) bond motifs is 2. The van der Waals surface area contributed by atoms with E-state index in [1.54, 1.807) is 40.3 Å². The molecular formula is C24H21ClF2N4O3. The molecular weight excluding hydrogens is 466 g/mol. The van der Waals surface area contributed by atoms with Gasteiger partial charge < -0.3 is 18.8 Å². The molecule has 0 saturated heterocycles. The molecule has 0 radical (unpaired) electrons. The molecule has 0 fully saturated rings. The fourth-order valence-electron chi connectivity index (χ4n) is 4.36. The van der Waals surface area contributed by atoms with Crippen LogP contribution in [0.3, 0.4) is 0 Å². The van der Waals surface area contributed by atoms with Crippen LogP contribution >= 0.6 is 11.6 Å². The van der Waals surface area contributed by atoms with Gasteiger partial charge in [0.1, 0.15) is 11.4 Å². The van der Waals surface area contributed by atoms with E-state index >= 15 is 0 Å². The van der Waals surface area contributed by atoms with Gasteiger partial charge in [0.15, 0.2) is 11.6 Å². The van der Waals surface area contributed by atoms with Crippen LogP contribution in [0.1, 0.15) is 28.2 Å². The molecule has 0 bridgehead atoms. The second-order valence-corrected chi connectivity index (χ2v) is 8.86. The number of carbonyl (C=O) groups is 1. The number of pyridine rings is 1. The molecule has 1 aromatic carbocycles. The lowest BCUT2D eigenvalue weighted by molar-refractivity contribution is 0.0775. The summed E-state index contributed by atoms with van der Waals surface area (Å²) in [6.45, 7) is 2.80. The third kappa shape index (κ3) is 3.90. The summed E-state index contributed by atoms with van der Waals surface area (Å²) in [5.41, 5.74) is 1.84. The maximum absolute atomic E-state index is 14.0. The smallest absolute Gasteiger partial charge is 0.275 e. The first-order valence-electron chi connectivity index (χ1n) is 10.8. The molecule has 34 heavy (non-hydrogen) atoms. The Labute approximate surface area is 198 Å². The zero-order chi connectivity index (χ0) is 24.0. The molecule has 0 N–H and O–H groups in total. The first-order valence-corrected chi connectivity index (χ1v) is 11.2. The molecule has 3 aromatic rings. The summed E-state index contributed by atoms with van der Waals surface area (Å²) in [6.07, 6.45) is 7.96. The molecule has 10 heteroatoms. The molecule has 1 atom stereocenters. The number of imidazole rings is 1. The van der Waals surface area contributed by atoms with Gasteiger partial charge in [-0.1, -0.05) is 17.7 Å². The molecule has 1 unspecified atom stereocenters. The average Bonchev–Trinajstić information content (AvgIpc) is 3.25. The largest absolute Gasteiger partial charge is 0.490 e. The second kappa shape index (κ2) is 8.72. The Hall–Kier alpha value is -3.46. The number of ether oxygens (including phenoxy) is 1. The van der Waals surface area contributed by atoms with E-state index in [2.05, 4.69) is 4.98 Å². The highest BCUT2D eigenvalue weighted by molar-refractivity contribution is 6.30. The molecule has 2 aliphatic rings. The van der Waals surface area contributed by atoms with Crippen molar-refractivity contribution in [2.24, 2.45) is 5.92 Å². The van der Waals surface area contributed by atoms with E-state index in [1.807, 2.05) is 13.0 Å². The summed E-state index contributed by atoms with van der Waals surface area (Å²) >= 11 is 5.76. The fourth-order valence-corrected chi connectivity index (χ4v) is 4.58. The first kappa shape index (κ1) is 22.3. The van der Waals surface area contributed by atoms with Crippen LogP contribution in [0.25, 0.3) is 5.69 Å². The fraction of sp³-hybridized carbons (Fsp3) is 0.292. The zero-order valence-corrected chi connectivity index (χ0v) is 19.1. The van der Waals surface area contributed by atoms with Crippen LogP contribution < -0.4 is 10.3 Å². The molecule has 5 rings (SSSR count). The van der Waals surface area contributed by atoms with Crippen molar-refractivity contribution in [1.29, 1.82) is 0 Å².